The van der Waals surface area contributed by atoms with Crippen LogP contribution in [0.2, 0.25) is 0 Å². The second kappa shape index (κ2) is 5.66. The third kappa shape index (κ3) is 2.92. The van der Waals surface area contributed by atoms with Gasteiger partial charge in [-0.1, -0.05) is 18.2 Å². The lowest BCUT2D eigenvalue weighted by Gasteiger charge is -2.09. The first-order chi connectivity index (χ1) is 9.49. The molecule has 0 amide bonds. The van der Waals surface area contributed by atoms with Crippen LogP contribution in [0.5, 0.6) is 11.5 Å². The van der Waals surface area contributed by atoms with Crippen molar-refractivity contribution >= 4 is 5.69 Å². The molecule has 20 heavy (non-hydrogen) atoms. The zero-order valence-corrected chi connectivity index (χ0v) is 10.7. The van der Waals surface area contributed by atoms with E-state index in [-0.39, 0.29) is 6.04 Å². The van der Waals surface area contributed by atoms with Crippen LogP contribution in [-0.4, -0.2) is 4.92 Å². The monoisotopic (exact) mass is 276 g/mol. The molecule has 0 aliphatic heterocycles. The van der Waals surface area contributed by atoms with Gasteiger partial charge in [0.1, 0.15) is 5.75 Å². The number of rotatable bonds is 4. The third-order valence-electron chi connectivity index (χ3n) is 2.77. The lowest BCUT2D eigenvalue weighted by atomic mass is 10.1. The molecular formula is C14H13FN2O3. The van der Waals surface area contributed by atoms with Crippen molar-refractivity contribution in [3.8, 4) is 11.5 Å². The van der Waals surface area contributed by atoms with E-state index in [1.165, 1.54) is 12.1 Å². The maximum absolute atomic E-state index is 13.7. The molecule has 2 aromatic rings. The van der Waals surface area contributed by atoms with E-state index < -0.39 is 22.2 Å². The van der Waals surface area contributed by atoms with E-state index in [1.807, 2.05) is 6.92 Å². The molecular weight excluding hydrogens is 263 g/mol. The number of hydrogen-bond acceptors (Lipinski definition) is 4. The minimum absolute atomic E-state index is 0.133. The number of nitrogens with zero attached hydrogens (tertiary/aromatic N) is 1. The smallest absolute Gasteiger partial charge is 0.314 e. The standard InChI is InChI=1S/C14H13FN2O3/c1-9(16)10-5-7-11(8-6-10)20-14-12(15)3-2-4-13(14)17(18)19/h2-9H,16H2,1H3/t9-/m1/s1. The summed E-state index contributed by atoms with van der Waals surface area (Å²) in [4.78, 5) is 10.2. The Hall–Kier alpha value is -2.47. The molecule has 0 radical (unpaired) electrons. The minimum Gasteiger partial charge on any atom is -0.447 e. The van der Waals surface area contributed by atoms with E-state index in [1.54, 1.807) is 24.3 Å². The molecule has 0 saturated carbocycles. The van der Waals surface area contributed by atoms with Gasteiger partial charge in [0.25, 0.3) is 0 Å². The second-order valence-electron chi connectivity index (χ2n) is 4.30. The average Bonchev–Trinajstić information content (AvgIpc) is 2.41. The maximum atomic E-state index is 13.7. The molecule has 2 rings (SSSR count). The van der Waals surface area contributed by atoms with E-state index in [0.717, 1.165) is 11.6 Å². The molecule has 0 aliphatic rings. The summed E-state index contributed by atoms with van der Waals surface area (Å²) >= 11 is 0. The van der Waals surface area contributed by atoms with Gasteiger partial charge in [-0.25, -0.2) is 4.39 Å². The number of hydrogen-bond donors (Lipinski definition) is 1. The number of halogens is 1. The van der Waals surface area contributed by atoms with Crippen molar-refractivity contribution < 1.29 is 14.1 Å². The SMILES string of the molecule is C[C@@H](N)c1ccc(Oc2c(F)cccc2[N+](=O)[O-])cc1. The summed E-state index contributed by atoms with van der Waals surface area (Å²) < 4.78 is 18.9. The Morgan fingerprint density at radius 3 is 2.45 bits per heavy atom. The highest BCUT2D eigenvalue weighted by Crippen LogP contribution is 2.33. The Morgan fingerprint density at radius 2 is 1.90 bits per heavy atom. The fourth-order valence-electron chi connectivity index (χ4n) is 1.70. The predicted octanol–water partition coefficient (Wildman–Crippen LogP) is 3.55. The van der Waals surface area contributed by atoms with Crippen LogP contribution in [0.3, 0.4) is 0 Å². The molecule has 0 fully saturated rings. The largest absolute Gasteiger partial charge is 0.447 e. The first-order valence-electron chi connectivity index (χ1n) is 5.95. The fourth-order valence-corrected chi connectivity index (χ4v) is 1.70. The summed E-state index contributed by atoms with van der Waals surface area (Å²) in [6, 6.07) is 10.1. The molecule has 0 spiro atoms. The van der Waals surface area contributed by atoms with Crippen LogP contribution in [0.4, 0.5) is 10.1 Å². The highest BCUT2D eigenvalue weighted by molar-refractivity contribution is 5.49. The summed E-state index contributed by atoms with van der Waals surface area (Å²) in [7, 11) is 0. The molecule has 0 bridgehead atoms. The van der Waals surface area contributed by atoms with Crippen LogP contribution >= 0.6 is 0 Å². The third-order valence-corrected chi connectivity index (χ3v) is 2.77. The maximum Gasteiger partial charge on any atom is 0.314 e. The Kier molecular flexibility index (Phi) is 3.95. The minimum atomic E-state index is -0.782. The molecule has 2 aromatic carbocycles. The molecule has 104 valence electrons. The molecule has 6 heteroatoms. The van der Waals surface area contributed by atoms with Gasteiger partial charge >= 0.3 is 5.69 Å². The topological polar surface area (TPSA) is 78.4 Å². The first kappa shape index (κ1) is 14.0. The van der Waals surface area contributed by atoms with Crippen LogP contribution in [0.15, 0.2) is 42.5 Å². The number of para-hydroxylation sites is 1. The number of nitro groups is 1. The Balaban J connectivity index is 2.32. The Labute approximate surface area is 114 Å². The van der Waals surface area contributed by atoms with Gasteiger partial charge < -0.3 is 10.5 Å². The molecule has 2 N–H and O–H groups in total. The molecule has 0 aromatic heterocycles. The van der Waals surface area contributed by atoms with Crippen molar-refractivity contribution in [3.05, 3.63) is 64.0 Å². The van der Waals surface area contributed by atoms with Crippen LogP contribution < -0.4 is 10.5 Å². The summed E-state index contributed by atoms with van der Waals surface area (Å²) in [5.74, 6) is -0.871. The van der Waals surface area contributed by atoms with Crippen molar-refractivity contribution in [1.29, 1.82) is 0 Å². The van der Waals surface area contributed by atoms with Gasteiger partial charge in [-0.2, -0.15) is 0 Å². The zero-order valence-electron chi connectivity index (χ0n) is 10.7. The molecule has 0 heterocycles. The van der Waals surface area contributed by atoms with Crippen molar-refractivity contribution in [2.24, 2.45) is 5.73 Å². The van der Waals surface area contributed by atoms with Gasteiger partial charge in [0.2, 0.25) is 5.75 Å². The number of nitro benzene ring substituents is 1. The van der Waals surface area contributed by atoms with Gasteiger partial charge in [0.05, 0.1) is 4.92 Å². The van der Waals surface area contributed by atoms with Crippen LogP contribution in [0, 0.1) is 15.9 Å². The normalized spacial score (nSPS) is 11.9. The van der Waals surface area contributed by atoms with Crippen molar-refractivity contribution in [3.63, 3.8) is 0 Å². The van der Waals surface area contributed by atoms with Gasteiger partial charge in [-0.15, -0.1) is 0 Å². The van der Waals surface area contributed by atoms with Crippen molar-refractivity contribution in [2.75, 3.05) is 0 Å². The lowest BCUT2D eigenvalue weighted by molar-refractivity contribution is -0.385. The molecule has 0 unspecified atom stereocenters. The van der Waals surface area contributed by atoms with E-state index in [4.69, 9.17) is 10.5 Å². The molecule has 1 atom stereocenters. The zero-order chi connectivity index (χ0) is 14.7. The van der Waals surface area contributed by atoms with E-state index >= 15 is 0 Å². The van der Waals surface area contributed by atoms with Gasteiger partial charge in [-0.3, -0.25) is 10.1 Å². The molecule has 0 aliphatic carbocycles. The number of ether oxygens (including phenoxy) is 1. The van der Waals surface area contributed by atoms with E-state index in [0.29, 0.717) is 5.75 Å². The quantitative estimate of drug-likeness (QED) is 0.684. The van der Waals surface area contributed by atoms with Crippen LogP contribution in [-0.2, 0) is 0 Å². The Morgan fingerprint density at radius 1 is 1.25 bits per heavy atom. The highest BCUT2D eigenvalue weighted by Gasteiger charge is 2.20. The van der Waals surface area contributed by atoms with Gasteiger partial charge in [-0.05, 0) is 30.7 Å². The van der Waals surface area contributed by atoms with E-state index in [9.17, 15) is 14.5 Å². The summed E-state index contributed by atoms with van der Waals surface area (Å²) in [6.45, 7) is 1.83. The van der Waals surface area contributed by atoms with Crippen molar-refractivity contribution in [1.82, 2.24) is 0 Å². The predicted molar refractivity (Wildman–Crippen MR) is 72.2 cm³/mol. The first-order valence-corrected chi connectivity index (χ1v) is 5.95. The van der Waals surface area contributed by atoms with Crippen LogP contribution in [0.1, 0.15) is 18.5 Å². The van der Waals surface area contributed by atoms with Crippen LogP contribution in [0.25, 0.3) is 0 Å². The van der Waals surface area contributed by atoms with Crippen molar-refractivity contribution in [2.45, 2.75) is 13.0 Å². The van der Waals surface area contributed by atoms with Gasteiger partial charge in [0, 0.05) is 12.1 Å². The number of benzene rings is 2. The highest BCUT2D eigenvalue weighted by atomic mass is 19.1. The molecule has 5 nitrogen and oxygen atoms in total. The Bertz CT molecular complexity index is 627. The number of nitrogens with two attached hydrogens (primary N) is 1. The van der Waals surface area contributed by atoms with E-state index in [2.05, 4.69) is 0 Å². The lowest BCUT2D eigenvalue weighted by Crippen LogP contribution is -2.04. The summed E-state index contributed by atoms with van der Waals surface area (Å²) in [5, 5.41) is 10.8. The second-order valence-corrected chi connectivity index (χ2v) is 4.30. The molecule has 0 saturated heterocycles. The summed E-state index contributed by atoms with van der Waals surface area (Å²) in [5.41, 5.74) is 6.19. The average molecular weight is 276 g/mol. The fraction of sp³-hybridized carbons (Fsp3) is 0.143. The summed E-state index contributed by atoms with van der Waals surface area (Å²) in [6.07, 6.45) is 0. The van der Waals surface area contributed by atoms with Gasteiger partial charge in [0.15, 0.2) is 5.82 Å².